The largest absolute Gasteiger partial charge is 0.416 e. The molecule has 2 rings (SSSR count). The van der Waals surface area contributed by atoms with Gasteiger partial charge in [0, 0.05) is 11.3 Å². The van der Waals surface area contributed by atoms with Gasteiger partial charge in [-0.05, 0) is 25.1 Å². The Morgan fingerprint density at radius 3 is 2.26 bits per heavy atom. The molecule has 98 valence electrons. The molecule has 0 saturated carbocycles. The summed E-state index contributed by atoms with van der Waals surface area (Å²) < 4.78 is 37.3. The van der Waals surface area contributed by atoms with Crippen LogP contribution >= 0.6 is 0 Å². The monoisotopic (exact) mass is 265 g/mol. The van der Waals surface area contributed by atoms with E-state index >= 15 is 0 Å². The van der Waals surface area contributed by atoms with Crippen molar-refractivity contribution in [1.82, 2.24) is 9.97 Å². The maximum absolute atomic E-state index is 12.4. The summed E-state index contributed by atoms with van der Waals surface area (Å²) in [5.41, 5.74) is 1.01. The van der Waals surface area contributed by atoms with Crippen LogP contribution < -0.4 is 0 Å². The molecule has 0 amide bonds. The first-order valence-corrected chi connectivity index (χ1v) is 5.44. The van der Waals surface area contributed by atoms with Crippen LogP contribution in [0.4, 0.5) is 13.2 Å². The van der Waals surface area contributed by atoms with E-state index in [9.17, 15) is 13.2 Å². The zero-order valence-electron chi connectivity index (χ0n) is 9.99. The lowest BCUT2D eigenvalue weighted by molar-refractivity contribution is -0.137. The highest BCUT2D eigenvalue weighted by Gasteiger charge is 2.29. The molecule has 0 radical (unpaired) electrons. The van der Waals surface area contributed by atoms with Gasteiger partial charge in [0.2, 0.25) is 0 Å². The van der Waals surface area contributed by atoms with E-state index in [1.807, 2.05) is 0 Å². The summed E-state index contributed by atoms with van der Waals surface area (Å²) in [4.78, 5) is 8.08. The van der Waals surface area contributed by atoms with Crippen molar-refractivity contribution in [3.8, 4) is 11.3 Å². The Morgan fingerprint density at radius 1 is 1.11 bits per heavy atom. The van der Waals surface area contributed by atoms with Crippen molar-refractivity contribution in [3.05, 3.63) is 47.4 Å². The zero-order chi connectivity index (χ0) is 14.0. The molecule has 1 aromatic heterocycles. The van der Waals surface area contributed by atoms with E-state index in [1.165, 1.54) is 12.1 Å². The summed E-state index contributed by atoms with van der Waals surface area (Å²) in [5.74, 6) is 0.231. The number of benzene rings is 1. The number of halogens is 3. The minimum absolute atomic E-state index is 0.231. The van der Waals surface area contributed by atoms with Gasteiger partial charge in [-0.25, -0.2) is 9.97 Å². The fourth-order valence-corrected chi connectivity index (χ4v) is 1.63. The summed E-state index contributed by atoms with van der Waals surface area (Å²) >= 11 is 0. The van der Waals surface area contributed by atoms with E-state index in [0.29, 0.717) is 17.0 Å². The predicted molar refractivity (Wildman–Crippen MR) is 65.1 cm³/mol. The fraction of sp³-hybridized carbons (Fsp3) is 0.154. The van der Waals surface area contributed by atoms with E-state index in [0.717, 1.165) is 18.3 Å². The second-order valence-corrected chi connectivity index (χ2v) is 3.97. The summed E-state index contributed by atoms with van der Waals surface area (Å²) in [6.07, 6.45) is -3.35. The van der Waals surface area contributed by atoms with Crippen LogP contribution in [0.15, 0.2) is 30.3 Å². The minimum atomic E-state index is -4.35. The molecule has 2 aromatic rings. The van der Waals surface area contributed by atoms with Crippen LogP contribution in [0.25, 0.3) is 11.3 Å². The number of nitrogens with zero attached hydrogens (tertiary/aromatic N) is 2. The van der Waals surface area contributed by atoms with Crippen LogP contribution in [-0.2, 0) is 6.18 Å². The van der Waals surface area contributed by atoms with Gasteiger partial charge >= 0.3 is 6.18 Å². The van der Waals surface area contributed by atoms with E-state index in [1.54, 1.807) is 13.0 Å². The van der Waals surface area contributed by atoms with Gasteiger partial charge in [0.05, 0.1) is 17.5 Å². The van der Waals surface area contributed by atoms with E-state index < -0.39 is 11.7 Å². The summed E-state index contributed by atoms with van der Waals surface area (Å²) in [6, 6.07) is 6.40. The second kappa shape index (κ2) is 4.79. The predicted octanol–water partition coefficient (Wildman–Crippen LogP) is 3.47. The molecule has 0 unspecified atom stereocenters. The van der Waals surface area contributed by atoms with Crippen LogP contribution in [0.2, 0.25) is 0 Å². The fourth-order valence-electron chi connectivity index (χ4n) is 1.63. The first-order chi connectivity index (χ1) is 8.90. The van der Waals surface area contributed by atoms with Crippen molar-refractivity contribution in [2.75, 3.05) is 0 Å². The summed E-state index contributed by atoms with van der Waals surface area (Å²) in [6.45, 7) is 1.74. The van der Waals surface area contributed by atoms with Crippen molar-refractivity contribution in [2.24, 2.45) is 0 Å². The molecular formula is C13H10F3N3. The first-order valence-electron chi connectivity index (χ1n) is 5.44. The van der Waals surface area contributed by atoms with Crippen LogP contribution in [0, 0.1) is 12.3 Å². The number of alkyl halides is 3. The number of hydrogen-bond donors (Lipinski definition) is 1. The normalized spacial score (nSPS) is 11.4. The molecule has 1 heterocycles. The molecule has 0 atom stereocenters. The third kappa shape index (κ3) is 2.96. The highest BCUT2D eigenvalue weighted by molar-refractivity contribution is 5.73. The van der Waals surface area contributed by atoms with Gasteiger partial charge in [-0.15, -0.1) is 0 Å². The van der Waals surface area contributed by atoms with E-state index in [2.05, 4.69) is 9.97 Å². The molecule has 0 aliphatic heterocycles. The second-order valence-electron chi connectivity index (χ2n) is 3.97. The van der Waals surface area contributed by atoms with Gasteiger partial charge < -0.3 is 5.41 Å². The van der Waals surface area contributed by atoms with Gasteiger partial charge in [-0.1, -0.05) is 12.1 Å². The third-order valence-electron chi connectivity index (χ3n) is 2.51. The van der Waals surface area contributed by atoms with Crippen molar-refractivity contribution >= 4 is 6.21 Å². The molecule has 19 heavy (non-hydrogen) atoms. The van der Waals surface area contributed by atoms with Crippen molar-refractivity contribution in [3.63, 3.8) is 0 Å². The van der Waals surface area contributed by atoms with E-state index in [4.69, 9.17) is 5.41 Å². The number of hydrogen-bond acceptors (Lipinski definition) is 3. The average Bonchev–Trinajstić information content (AvgIpc) is 2.37. The Kier molecular flexibility index (Phi) is 3.33. The topological polar surface area (TPSA) is 49.6 Å². The number of aryl methyl sites for hydroxylation is 1. The van der Waals surface area contributed by atoms with Crippen LogP contribution in [0.1, 0.15) is 17.1 Å². The maximum Gasteiger partial charge on any atom is 0.416 e. The van der Waals surface area contributed by atoms with Gasteiger partial charge in [0.1, 0.15) is 0 Å². The lowest BCUT2D eigenvalue weighted by Gasteiger charge is -2.08. The van der Waals surface area contributed by atoms with Gasteiger partial charge in [0.15, 0.2) is 5.82 Å². The molecule has 0 aliphatic rings. The standard InChI is InChI=1S/C13H10F3N3/c1-8-6-11(19-12(7-17)18-8)9-2-4-10(5-3-9)13(14,15)16/h2-7,17H,1H3. The molecule has 1 aromatic carbocycles. The molecule has 0 saturated heterocycles. The van der Waals surface area contributed by atoms with Gasteiger partial charge in [-0.2, -0.15) is 13.2 Å². The highest BCUT2D eigenvalue weighted by atomic mass is 19.4. The molecule has 1 N–H and O–H groups in total. The Labute approximate surface area is 107 Å². The Balaban J connectivity index is 2.42. The average molecular weight is 265 g/mol. The summed E-state index contributed by atoms with van der Waals surface area (Å²) in [7, 11) is 0. The molecule has 0 bridgehead atoms. The highest BCUT2D eigenvalue weighted by Crippen LogP contribution is 2.30. The van der Waals surface area contributed by atoms with Crippen molar-refractivity contribution in [2.45, 2.75) is 13.1 Å². The Hall–Kier alpha value is -2.24. The molecule has 3 nitrogen and oxygen atoms in total. The maximum atomic E-state index is 12.4. The Bertz CT molecular complexity index is 604. The minimum Gasteiger partial charge on any atom is -0.305 e. The van der Waals surface area contributed by atoms with Crippen molar-refractivity contribution < 1.29 is 13.2 Å². The Morgan fingerprint density at radius 2 is 1.74 bits per heavy atom. The quantitative estimate of drug-likeness (QED) is 0.845. The zero-order valence-corrected chi connectivity index (χ0v) is 9.99. The first kappa shape index (κ1) is 13.2. The smallest absolute Gasteiger partial charge is 0.305 e. The van der Waals surface area contributed by atoms with E-state index in [-0.39, 0.29) is 5.82 Å². The molecule has 0 fully saturated rings. The molecule has 0 aliphatic carbocycles. The number of nitrogens with one attached hydrogen (secondary N) is 1. The third-order valence-corrected chi connectivity index (χ3v) is 2.51. The van der Waals surface area contributed by atoms with Crippen LogP contribution in [0.3, 0.4) is 0 Å². The van der Waals surface area contributed by atoms with Crippen LogP contribution in [0.5, 0.6) is 0 Å². The number of rotatable bonds is 2. The lowest BCUT2D eigenvalue weighted by Crippen LogP contribution is -2.04. The van der Waals surface area contributed by atoms with Crippen molar-refractivity contribution in [1.29, 1.82) is 5.41 Å². The van der Waals surface area contributed by atoms with Gasteiger partial charge in [0.25, 0.3) is 0 Å². The molecular weight excluding hydrogens is 255 g/mol. The van der Waals surface area contributed by atoms with Gasteiger partial charge in [-0.3, -0.25) is 0 Å². The molecule has 6 heteroatoms. The lowest BCUT2D eigenvalue weighted by atomic mass is 10.1. The summed E-state index contributed by atoms with van der Waals surface area (Å²) in [5, 5.41) is 7.12. The van der Waals surface area contributed by atoms with Crippen LogP contribution in [-0.4, -0.2) is 16.2 Å². The molecule has 0 spiro atoms. The SMILES string of the molecule is Cc1cc(-c2ccc(C(F)(F)F)cc2)nc(C=N)n1. The number of aromatic nitrogens is 2.